The number of para-hydroxylation sites is 1. The van der Waals surface area contributed by atoms with Crippen LogP contribution in [0.3, 0.4) is 0 Å². The summed E-state index contributed by atoms with van der Waals surface area (Å²) in [7, 11) is 0. The van der Waals surface area contributed by atoms with Gasteiger partial charge in [-0.15, -0.1) is 0 Å². The molecule has 1 aromatic heterocycles. The van der Waals surface area contributed by atoms with E-state index >= 15 is 0 Å². The number of aryl methyl sites for hydroxylation is 1. The molecule has 1 amide bonds. The quantitative estimate of drug-likeness (QED) is 0.354. The van der Waals surface area contributed by atoms with Crippen LogP contribution in [0, 0.1) is 12.7 Å². The normalized spacial score (nSPS) is 15.0. The van der Waals surface area contributed by atoms with Crippen molar-refractivity contribution in [3.63, 3.8) is 0 Å². The first-order valence-electron chi connectivity index (χ1n) is 10.7. The molecule has 1 fully saturated rings. The van der Waals surface area contributed by atoms with Gasteiger partial charge in [-0.2, -0.15) is 0 Å². The number of carbonyl (C=O) groups is 1. The van der Waals surface area contributed by atoms with Crippen molar-refractivity contribution in [3.05, 3.63) is 64.2 Å². The zero-order chi connectivity index (χ0) is 21.8. The number of carbonyl (C=O) groups excluding carboxylic acids is 1. The van der Waals surface area contributed by atoms with E-state index in [9.17, 15) is 14.0 Å². The van der Waals surface area contributed by atoms with E-state index in [0.29, 0.717) is 27.3 Å². The Morgan fingerprint density at radius 3 is 2.65 bits per heavy atom. The summed E-state index contributed by atoms with van der Waals surface area (Å²) >= 11 is 1.20. The minimum Gasteiger partial charge on any atom is -0.353 e. The van der Waals surface area contributed by atoms with Gasteiger partial charge >= 0.3 is 0 Å². The molecular formula is C24H26FN3O2S. The second-order valence-electron chi connectivity index (χ2n) is 8.03. The molecule has 1 aliphatic carbocycles. The van der Waals surface area contributed by atoms with E-state index in [1.54, 1.807) is 37.3 Å². The Kier molecular flexibility index (Phi) is 6.70. The van der Waals surface area contributed by atoms with Gasteiger partial charge in [0.15, 0.2) is 5.16 Å². The summed E-state index contributed by atoms with van der Waals surface area (Å²) in [6.07, 6.45) is 6.75. The molecule has 0 radical (unpaired) electrons. The van der Waals surface area contributed by atoms with E-state index in [1.807, 2.05) is 6.07 Å². The van der Waals surface area contributed by atoms with Gasteiger partial charge in [0.25, 0.3) is 5.56 Å². The smallest absolute Gasteiger partial charge is 0.266 e. The van der Waals surface area contributed by atoms with Gasteiger partial charge < -0.3 is 5.32 Å². The second-order valence-corrected chi connectivity index (χ2v) is 8.97. The van der Waals surface area contributed by atoms with Crippen molar-refractivity contribution >= 4 is 28.6 Å². The van der Waals surface area contributed by atoms with Gasteiger partial charge in [-0.1, -0.05) is 55.6 Å². The molecule has 0 aliphatic heterocycles. The van der Waals surface area contributed by atoms with Crippen LogP contribution in [0.5, 0.6) is 0 Å². The predicted octanol–water partition coefficient (Wildman–Crippen LogP) is 4.76. The van der Waals surface area contributed by atoms with Crippen LogP contribution in [-0.2, 0) is 4.79 Å². The minimum absolute atomic E-state index is 0.0686. The van der Waals surface area contributed by atoms with E-state index in [0.717, 1.165) is 25.7 Å². The Labute approximate surface area is 185 Å². The van der Waals surface area contributed by atoms with Gasteiger partial charge in [-0.25, -0.2) is 9.37 Å². The fraction of sp³-hybridized carbons (Fsp3) is 0.375. The first-order valence-corrected chi connectivity index (χ1v) is 11.7. The van der Waals surface area contributed by atoms with Crippen LogP contribution < -0.4 is 10.9 Å². The molecule has 0 bridgehead atoms. The average molecular weight is 440 g/mol. The summed E-state index contributed by atoms with van der Waals surface area (Å²) in [5.74, 6) is -0.309. The summed E-state index contributed by atoms with van der Waals surface area (Å²) < 4.78 is 15.6. The van der Waals surface area contributed by atoms with E-state index in [-0.39, 0.29) is 29.1 Å². The monoisotopic (exact) mass is 439 g/mol. The topological polar surface area (TPSA) is 64.0 Å². The number of nitrogens with one attached hydrogen (secondary N) is 1. The van der Waals surface area contributed by atoms with Gasteiger partial charge in [0.1, 0.15) is 5.82 Å². The van der Waals surface area contributed by atoms with Gasteiger partial charge in [0.2, 0.25) is 5.91 Å². The third-order valence-corrected chi connectivity index (χ3v) is 6.65. The summed E-state index contributed by atoms with van der Waals surface area (Å²) in [5.41, 5.74) is 1.18. The number of halogens is 1. The Morgan fingerprint density at radius 2 is 1.90 bits per heavy atom. The van der Waals surface area contributed by atoms with Crippen molar-refractivity contribution in [1.29, 1.82) is 0 Å². The largest absolute Gasteiger partial charge is 0.353 e. The zero-order valence-corrected chi connectivity index (χ0v) is 18.4. The molecule has 4 rings (SSSR count). The van der Waals surface area contributed by atoms with E-state index < -0.39 is 0 Å². The van der Waals surface area contributed by atoms with Crippen LogP contribution in [0.15, 0.2) is 52.4 Å². The third kappa shape index (κ3) is 4.98. The van der Waals surface area contributed by atoms with E-state index in [2.05, 4.69) is 10.3 Å². The van der Waals surface area contributed by atoms with E-state index in [1.165, 1.54) is 35.2 Å². The number of amides is 1. The van der Waals surface area contributed by atoms with Crippen molar-refractivity contribution in [2.45, 2.75) is 56.6 Å². The molecule has 0 saturated heterocycles. The van der Waals surface area contributed by atoms with Gasteiger partial charge in [0.05, 0.1) is 22.3 Å². The lowest BCUT2D eigenvalue weighted by atomic mass is 10.1. The molecule has 0 unspecified atom stereocenters. The number of nitrogens with zero attached hydrogens (tertiary/aromatic N) is 2. The molecule has 0 spiro atoms. The maximum Gasteiger partial charge on any atom is 0.266 e. The van der Waals surface area contributed by atoms with Crippen molar-refractivity contribution in [2.75, 3.05) is 5.75 Å². The lowest BCUT2D eigenvalue weighted by Gasteiger charge is -2.17. The van der Waals surface area contributed by atoms with Crippen molar-refractivity contribution in [3.8, 4) is 5.69 Å². The molecule has 162 valence electrons. The van der Waals surface area contributed by atoms with Crippen LogP contribution >= 0.6 is 11.8 Å². The molecule has 1 aliphatic rings. The van der Waals surface area contributed by atoms with Gasteiger partial charge in [-0.3, -0.25) is 14.2 Å². The molecule has 2 aromatic carbocycles. The highest BCUT2D eigenvalue weighted by Gasteiger charge is 2.18. The van der Waals surface area contributed by atoms with E-state index in [4.69, 9.17) is 0 Å². The Balaban J connectivity index is 1.63. The highest BCUT2D eigenvalue weighted by molar-refractivity contribution is 7.99. The maximum atomic E-state index is 14.2. The Hall–Kier alpha value is -2.67. The lowest BCUT2D eigenvalue weighted by molar-refractivity contribution is -0.119. The van der Waals surface area contributed by atoms with Crippen LogP contribution in [0.25, 0.3) is 16.6 Å². The Morgan fingerprint density at radius 1 is 1.16 bits per heavy atom. The number of aromatic nitrogens is 2. The SMILES string of the molecule is Cc1ccc(-n2c(SCC(=O)NC3CCCCCC3)nc3ccccc3c2=O)cc1F. The third-order valence-electron chi connectivity index (χ3n) is 5.71. The molecule has 7 heteroatoms. The maximum absolute atomic E-state index is 14.2. The van der Waals surface area contributed by atoms with Crippen molar-refractivity contribution < 1.29 is 9.18 Å². The number of hydrogen-bond donors (Lipinski definition) is 1. The number of benzene rings is 2. The molecule has 1 N–H and O–H groups in total. The molecule has 3 aromatic rings. The van der Waals surface area contributed by atoms with Gasteiger partial charge in [0, 0.05) is 6.04 Å². The fourth-order valence-electron chi connectivity index (χ4n) is 3.98. The van der Waals surface area contributed by atoms with Gasteiger partial charge in [-0.05, 0) is 49.6 Å². The molecule has 31 heavy (non-hydrogen) atoms. The second kappa shape index (κ2) is 9.64. The van der Waals surface area contributed by atoms with Crippen LogP contribution in [-0.4, -0.2) is 27.3 Å². The lowest BCUT2D eigenvalue weighted by Crippen LogP contribution is -2.35. The standard InChI is InChI=1S/C24H26FN3O2S/c1-16-12-13-18(14-20(16)25)28-23(30)19-10-6-7-11-21(19)27-24(28)31-15-22(29)26-17-8-4-2-3-5-9-17/h6-7,10-14,17H,2-5,8-9,15H2,1H3,(H,26,29). The summed E-state index contributed by atoms with van der Waals surface area (Å²) in [4.78, 5) is 30.4. The van der Waals surface area contributed by atoms with Crippen LogP contribution in [0.2, 0.25) is 0 Å². The highest BCUT2D eigenvalue weighted by Crippen LogP contribution is 2.23. The average Bonchev–Trinajstić information content (AvgIpc) is 3.03. The molecule has 5 nitrogen and oxygen atoms in total. The molecule has 0 atom stereocenters. The molecular weight excluding hydrogens is 413 g/mol. The summed E-state index contributed by atoms with van der Waals surface area (Å²) in [6, 6.07) is 12.0. The molecule has 1 heterocycles. The van der Waals surface area contributed by atoms with Crippen LogP contribution in [0.4, 0.5) is 4.39 Å². The van der Waals surface area contributed by atoms with Crippen molar-refractivity contribution in [1.82, 2.24) is 14.9 Å². The Bertz CT molecular complexity index is 1150. The number of hydrogen-bond acceptors (Lipinski definition) is 4. The highest BCUT2D eigenvalue weighted by atomic mass is 32.2. The molecule has 1 saturated carbocycles. The number of rotatable bonds is 5. The summed E-state index contributed by atoms with van der Waals surface area (Å²) in [6.45, 7) is 1.67. The number of thioether (sulfide) groups is 1. The van der Waals surface area contributed by atoms with Crippen molar-refractivity contribution in [2.24, 2.45) is 0 Å². The predicted molar refractivity (Wildman–Crippen MR) is 122 cm³/mol. The van der Waals surface area contributed by atoms with Crippen LogP contribution in [0.1, 0.15) is 44.1 Å². The first-order chi connectivity index (χ1) is 15.0. The summed E-state index contributed by atoms with van der Waals surface area (Å²) in [5, 5.41) is 3.95. The zero-order valence-electron chi connectivity index (χ0n) is 17.6. The minimum atomic E-state index is -0.389. The fourth-order valence-corrected chi connectivity index (χ4v) is 4.80. The number of fused-ring (bicyclic) bond motifs is 1. The first kappa shape index (κ1) is 21.6.